The number of fused-ring (bicyclic) bond motifs is 1. The Bertz CT molecular complexity index is 1580. The molecule has 11 heteroatoms. The lowest BCUT2D eigenvalue weighted by Gasteiger charge is -2.13. The molecule has 0 spiro atoms. The molecule has 2 heterocycles. The van der Waals surface area contributed by atoms with Crippen LogP contribution in [0.1, 0.15) is 11.4 Å². The normalized spacial score (nSPS) is 11.0. The topological polar surface area (TPSA) is 96.1 Å². The van der Waals surface area contributed by atoms with Crippen LogP contribution in [-0.2, 0) is 17.9 Å². The van der Waals surface area contributed by atoms with Crippen LogP contribution in [-0.4, -0.2) is 50.2 Å². The van der Waals surface area contributed by atoms with E-state index < -0.39 is 0 Å². The summed E-state index contributed by atoms with van der Waals surface area (Å²) in [5.74, 6) is 1.94. The Morgan fingerprint density at radius 3 is 2.61 bits per heavy atom. The number of ether oxygens (including phenoxy) is 2. The standard InChI is InChI=1S/C27H25ClN6O3S/c1-36-23-12-11-18(13-24(23)37-2)14-29-26(35)16-38-27-32-31-25(34(27)21-9-5-3-7-19(21)28)15-33-17-30-20-8-4-6-10-22(20)33/h3-13,17H,14-16H2,1-2H3,(H,29,35). The molecule has 0 saturated carbocycles. The van der Waals surface area contributed by atoms with Gasteiger partial charge in [0.15, 0.2) is 22.5 Å². The van der Waals surface area contributed by atoms with E-state index in [9.17, 15) is 4.79 Å². The quantitative estimate of drug-likeness (QED) is 0.252. The smallest absolute Gasteiger partial charge is 0.230 e. The Morgan fingerprint density at radius 1 is 1.00 bits per heavy atom. The molecule has 3 aromatic carbocycles. The number of para-hydroxylation sites is 3. The van der Waals surface area contributed by atoms with Crippen molar-refractivity contribution in [1.82, 2.24) is 29.6 Å². The Morgan fingerprint density at radius 2 is 1.79 bits per heavy atom. The Kier molecular flexibility index (Phi) is 7.81. The highest BCUT2D eigenvalue weighted by molar-refractivity contribution is 7.99. The van der Waals surface area contributed by atoms with Crippen molar-refractivity contribution in [3.63, 3.8) is 0 Å². The Hall–Kier alpha value is -4.02. The summed E-state index contributed by atoms with van der Waals surface area (Å²) in [4.78, 5) is 17.2. The molecule has 0 radical (unpaired) electrons. The van der Waals surface area contributed by atoms with Gasteiger partial charge in [-0.1, -0.05) is 53.7 Å². The van der Waals surface area contributed by atoms with Gasteiger partial charge in [0, 0.05) is 6.54 Å². The molecule has 194 valence electrons. The molecule has 2 aromatic heterocycles. The van der Waals surface area contributed by atoms with Crippen molar-refractivity contribution in [1.29, 1.82) is 0 Å². The summed E-state index contributed by atoms with van der Waals surface area (Å²) in [5, 5.41) is 12.9. The summed E-state index contributed by atoms with van der Waals surface area (Å²) in [6, 6.07) is 20.9. The molecule has 0 aliphatic heterocycles. The molecule has 0 unspecified atom stereocenters. The molecular weight excluding hydrogens is 524 g/mol. The zero-order chi connectivity index (χ0) is 26.5. The second kappa shape index (κ2) is 11.6. The van der Waals surface area contributed by atoms with Gasteiger partial charge in [-0.2, -0.15) is 0 Å². The maximum atomic E-state index is 12.7. The number of imidazole rings is 1. The van der Waals surface area contributed by atoms with Crippen LogP contribution in [0, 0.1) is 0 Å². The summed E-state index contributed by atoms with van der Waals surface area (Å²) in [7, 11) is 3.16. The number of amides is 1. The second-order valence-corrected chi connectivity index (χ2v) is 9.65. The largest absolute Gasteiger partial charge is 0.493 e. The Balaban J connectivity index is 1.33. The van der Waals surface area contributed by atoms with Crippen molar-refractivity contribution in [3.05, 3.63) is 89.5 Å². The zero-order valence-electron chi connectivity index (χ0n) is 20.8. The van der Waals surface area contributed by atoms with Crippen LogP contribution in [0.25, 0.3) is 16.7 Å². The minimum atomic E-state index is -0.138. The molecule has 9 nitrogen and oxygen atoms in total. The predicted molar refractivity (Wildman–Crippen MR) is 147 cm³/mol. The number of rotatable bonds is 10. The molecule has 1 amide bonds. The minimum absolute atomic E-state index is 0.138. The molecule has 0 fully saturated rings. The van der Waals surface area contributed by atoms with Crippen LogP contribution >= 0.6 is 23.4 Å². The van der Waals surface area contributed by atoms with Gasteiger partial charge in [0.2, 0.25) is 5.91 Å². The SMILES string of the molecule is COc1ccc(CNC(=O)CSc2nnc(Cn3cnc4ccccc43)n2-c2ccccc2Cl)cc1OC. The number of methoxy groups -OCH3 is 2. The number of benzene rings is 3. The van der Waals surface area contributed by atoms with Gasteiger partial charge < -0.3 is 19.4 Å². The number of nitrogens with zero attached hydrogens (tertiary/aromatic N) is 5. The first kappa shape index (κ1) is 25.6. The van der Waals surface area contributed by atoms with Crippen LogP contribution in [0.2, 0.25) is 5.02 Å². The number of carbonyl (C=O) groups excluding carboxylic acids is 1. The van der Waals surface area contributed by atoms with Crippen molar-refractivity contribution in [2.45, 2.75) is 18.2 Å². The van der Waals surface area contributed by atoms with Crippen LogP contribution in [0.4, 0.5) is 0 Å². The van der Waals surface area contributed by atoms with Gasteiger partial charge in [0.25, 0.3) is 0 Å². The monoisotopic (exact) mass is 548 g/mol. The summed E-state index contributed by atoms with van der Waals surface area (Å²) in [5.41, 5.74) is 3.53. The molecule has 0 saturated heterocycles. The van der Waals surface area contributed by atoms with Crippen molar-refractivity contribution in [2.24, 2.45) is 0 Å². The van der Waals surface area contributed by atoms with E-state index in [2.05, 4.69) is 20.5 Å². The molecule has 5 aromatic rings. The van der Waals surface area contributed by atoms with Crippen molar-refractivity contribution in [3.8, 4) is 17.2 Å². The van der Waals surface area contributed by atoms with Gasteiger partial charge in [0.1, 0.15) is 0 Å². The van der Waals surface area contributed by atoms with E-state index in [1.54, 1.807) is 20.5 Å². The molecule has 0 bridgehead atoms. The van der Waals surface area contributed by atoms with E-state index in [4.69, 9.17) is 21.1 Å². The summed E-state index contributed by atoms with van der Waals surface area (Å²) >= 11 is 7.85. The maximum Gasteiger partial charge on any atom is 0.230 e. The first-order valence-corrected chi connectivity index (χ1v) is 13.1. The van der Waals surface area contributed by atoms with E-state index >= 15 is 0 Å². The third-order valence-electron chi connectivity index (χ3n) is 5.90. The summed E-state index contributed by atoms with van der Waals surface area (Å²) in [6.07, 6.45) is 1.78. The highest BCUT2D eigenvalue weighted by Gasteiger charge is 2.19. The van der Waals surface area contributed by atoms with E-state index in [1.165, 1.54) is 11.8 Å². The molecule has 5 rings (SSSR count). The van der Waals surface area contributed by atoms with Crippen molar-refractivity contribution >= 4 is 40.3 Å². The van der Waals surface area contributed by atoms with Crippen LogP contribution in [0.3, 0.4) is 0 Å². The first-order valence-electron chi connectivity index (χ1n) is 11.8. The number of nitrogens with one attached hydrogen (secondary N) is 1. The maximum absolute atomic E-state index is 12.7. The van der Waals surface area contributed by atoms with Gasteiger partial charge in [-0.3, -0.25) is 9.36 Å². The van der Waals surface area contributed by atoms with Gasteiger partial charge >= 0.3 is 0 Å². The number of halogens is 1. The zero-order valence-corrected chi connectivity index (χ0v) is 22.4. The molecule has 38 heavy (non-hydrogen) atoms. The lowest BCUT2D eigenvalue weighted by molar-refractivity contribution is -0.118. The number of thioether (sulfide) groups is 1. The van der Waals surface area contributed by atoms with Gasteiger partial charge in [-0.15, -0.1) is 10.2 Å². The number of aromatic nitrogens is 5. The van der Waals surface area contributed by atoms with Crippen LogP contribution < -0.4 is 14.8 Å². The van der Waals surface area contributed by atoms with Gasteiger partial charge in [0.05, 0.1) is 54.6 Å². The second-order valence-electron chi connectivity index (χ2n) is 8.30. The van der Waals surface area contributed by atoms with Gasteiger partial charge in [-0.25, -0.2) is 4.98 Å². The van der Waals surface area contributed by atoms with E-state index in [1.807, 2.05) is 75.9 Å². The molecular formula is C27H25ClN6O3S. The van der Waals surface area contributed by atoms with E-state index in [0.717, 1.165) is 22.3 Å². The molecule has 1 N–H and O–H groups in total. The summed E-state index contributed by atoms with van der Waals surface area (Å²) < 4.78 is 14.5. The molecule has 0 aliphatic carbocycles. The van der Waals surface area contributed by atoms with Crippen LogP contribution in [0.5, 0.6) is 11.5 Å². The minimum Gasteiger partial charge on any atom is -0.493 e. The third-order valence-corrected chi connectivity index (χ3v) is 7.15. The number of hydrogen-bond acceptors (Lipinski definition) is 7. The van der Waals surface area contributed by atoms with Crippen molar-refractivity contribution in [2.75, 3.05) is 20.0 Å². The fourth-order valence-corrected chi connectivity index (χ4v) is 5.05. The van der Waals surface area contributed by atoms with Crippen molar-refractivity contribution < 1.29 is 14.3 Å². The first-order chi connectivity index (χ1) is 18.6. The van der Waals surface area contributed by atoms with Gasteiger partial charge in [-0.05, 0) is 42.0 Å². The number of carbonyl (C=O) groups is 1. The fraction of sp³-hybridized carbons (Fsp3) is 0.185. The molecule has 0 atom stereocenters. The van der Waals surface area contributed by atoms with Crippen LogP contribution in [0.15, 0.2) is 78.2 Å². The fourth-order valence-electron chi connectivity index (χ4n) is 4.03. The highest BCUT2D eigenvalue weighted by Crippen LogP contribution is 2.29. The average Bonchev–Trinajstić information content (AvgIpc) is 3.55. The highest BCUT2D eigenvalue weighted by atomic mass is 35.5. The molecule has 0 aliphatic rings. The van der Waals surface area contributed by atoms with E-state index in [0.29, 0.717) is 40.6 Å². The van der Waals surface area contributed by atoms with E-state index in [-0.39, 0.29) is 11.7 Å². The third kappa shape index (κ3) is 5.46. The predicted octanol–water partition coefficient (Wildman–Crippen LogP) is 4.74. The number of hydrogen-bond donors (Lipinski definition) is 1. The average molecular weight is 549 g/mol. The summed E-state index contributed by atoms with van der Waals surface area (Å²) in [6.45, 7) is 0.792. The lowest BCUT2D eigenvalue weighted by Crippen LogP contribution is -2.24. The Labute approximate surface area is 228 Å². The lowest BCUT2D eigenvalue weighted by atomic mass is 10.2.